The molecule has 0 saturated carbocycles. The molecule has 0 N–H and O–H groups in total. The summed E-state index contributed by atoms with van der Waals surface area (Å²) in [6, 6.07) is 0. The Morgan fingerprint density at radius 1 is 0.273 bits per heavy atom. The minimum atomic E-state index is -0.772. The fraction of sp³-hybridized carbons (Fsp3) is 0.817. The minimum Gasteiger partial charge on any atom is -0.462 e. The highest BCUT2D eigenvalue weighted by molar-refractivity contribution is 5.71. The Morgan fingerprint density at radius 2 is 0.519 bits per heavy atom. The Balaban J connectivity index is 4.06. The van der Waals surface area contributed by atoms with E-state index < -0.39 is 6.10 Å². The Labute approximate surface area is 479 Å². The molecule has 6 heteroatoms. The quantitative estimate of drug-likeness (QED) is 0.0261. The van der Waals surface area contributed by atoms with Crippen molar-refractivity contribution in [3.8, 4) is 0 Å². The van der Waals surface area contributed by atoms with E-state index in [2.05, 4.69) is 81.5 Å². The van der Waals surface area contributed by atoms with Gasteiger partial charge in [-0.15, -0.1) is 0 Å². The van der Waals surface area contributed by atoms with Crippen LogP contribution in [0.1, 0.15) is 355 Å². The molecule has 6 nitrogen and oxygen atoms in total. The summed E-state index contributed by atoms with van der Waals surface area (Å²) in [5, 5.41) is 0. The molecular weight excluding hydrogens is 949 g/mol. The maximum atomic E-state index is 12.9. The first-order chi connectivity index (χ1) is 38.0. The molecule has 0 fully saturated rings. The molecule has 0 rings (SSSR count). The lowest BCUT2D eigenvalue weighted by Gasteiger charge is -2.18. The zero-order valence-electron chi connectivity index (χ0n) is 51.5. The normalized spacial score (nSPS) is 12.4. The maximum absolute atomic E-state index is 12.9. The van der Waals surface area contributed by atoms with E-state index in [4.69, 9.17) is 14.2 Å². The number of esters is 3. The Kier molecular flexibility index (Phi) is 63.2. The fourth-order valence-corrected chi connectivity index (χ4v) is 9.95. The number of allylic oxidation sites excluding steroid dienone is 10. The summed E-state index contributed by atoms with van der Waals surface area (Å²) in [5.74, 6) is -0.859. The van der Waals surface area contributed by atoms with Gasteiger partial charge < -0.3 is 14.2 Å². The number of carbonyl (C=O) groups is 3. The van der Waals surface area contributed by atoms with Crippen LogP contribution < -0.4 is 0 Å². The van der Waals surface area contributed by atoms with Gasteiger partial charge in [-0.3, -0.25) is 14.4 Å². The average molecular weight is 1080 g/mol. The molecule has 0 spiro atoms. The Hall–Kier alpha value is -2.89. The van der Waals surface area contributed by atoms with Gasteiger partial charge >= 0.3 is 17.9 Å². The van der Waals surface area contributed by atoms with Gasteiger partial charge in [0.05, 0.1) is 0 Å². The second-order valence-corrected chi connectivity index (χ2v) is 22.7. The zero-order chi connectivity index (χ0) is 55.7. The average Bonchev–Trinajstić information content (AvgIpc) is 3.43. The third kappa shape index (κ3) is 63.8. The van der Waals surface area contributed by atoms with Crippen LogP contribution in [-0.2, 0) is 28.6 Å². The van der Waals surface area contributed by atoms with Crippen LogP contribution in [0.3, 0.4) is 0 Å². The van der Waals surface area contributed by atoms with Gasteiger partial charge in [-0.2, -0.15) is 0 Å². The summed E-state index contributed by atoms with van der Waals surface area (Å²) in [5.41, 5.74) is 0. The largest absolute Gasteiger partial charge is 0.462 e. The summed E-state index contributed by atoms with van der Waals surface area (Å²) in [7, 11) is 0. The van der Waals surface area contributed by atoms with Crippen molar-refractivity contribution in [1.29, 1.82) is 0 Å². The van der Waals surface area contributed by atoms with Crippen LogP contribution >= 0.6 is 0 Å². The highest BCUT2D eigenvalue weighted by Gasteiger charge is 2.19. The summed E-state index contributed by atoms with van der Waals surface area (Å²) in [4.78, 5) is 38.2. The molecule has 0 aromatic rings. The van der Waals surface area contributed by atoms with Gasteiger partial charge in [0.25, 0.3) is 0 Å². The molecule has 0 aliphatic heterocycles. The summed E-state index contributed by atoms with van der Waals surface area (Å²) < 4.78 is 16.9. The van der Waals surface area contributed by atoms with Crippen molar-refractivity contribution in [3.05, 3.63) is 60.8 Å². The summed E-state index contributed by atoms with van der Waals surface area (Å²) in [6.45, 7) is 6.53. The molecule has 0 bridgehead atoms. The zero-order valence-corrected chi connectivity index (χ0v) is 51.5. The van der Waals surface area contributed by atoms with Gasteiger partial charge in [0, 0.05) is 19.3 Å². The predicted molar refractivity (Wildman–Crippen MR) is 335 cm³/mol. The van der Waals surface area contributed by atoms with E-state index in [-0.39, 0.29) is 31.1 Å². The molecule has 1 atom stereocenters. The molecule has 0 amide bonds. The molecule has 0 aliphatic carbocycles. The van der Waals surface area contributed by atoms with E-state index in [1.54, 1.807) is 0 Å². The molecular formula is C71H128O6. The van der Waals surface area contributed by atoms with Gasteiger partial charge in [0.2, 0.25) is 0 Å². The Morgan fingerprint density at radius 3 is 0.844 bits per heavy atom. The molecule has 1 unspecified atom stereocenters. The molecule has 448 valence electrons. The second-order valence-electron chi connectivity index (χ2n) is 22.7. The van der Waals surface area contributed by atoms with E-state index in [1.165, 1.54) is 225 Å². The van der Waals surface area contributed by atoms with Gasteiger partial charge in [0.1, 0.15) is 13.2 Å². The van der Waals surface area contributed by atoms with Crippen molar-refractivity contribution in [2.45, 2.75) is 361 Å². The monoisotopic (exact) mass is 1080 g/mol. The van der Waals surface area contributed by atoms with E-state index >= 15 is 0 Å². The van der Waals surface area contributed by atoms with Crippen LogP contribution in [0.25, 0.3) is 0 Å². The highest BCUT2D eigenvalue weighted by atomic mass is 16.6. The molecule has 0 aromatic heterocycles. The van der Waals surface area contributed by atoms with Crippen LogP contribution in [0.2, 0.25) is 0 Å². The lowest BCUT2D eigenvalue weighted by atomic mass is 10.0. The van der Waals surface area contributed by atoms with Crippen molar-refractivity contribution in [3.63, 3.8) is 0 Å². The Bertz CT molecular complexity index is 1380. The molecule has 77 heavy (non-hydrogen) atoms. The number of hydrogen-bond donors (Lipinski definition) is 0. The van der Waals surface area contributed by atoms with Crippen LogP contribution in [0, 0.1) is 0 Å². The standard InChI is InChI=1S/C71H128O6/c1-4-7-10-13-16-19-22-24-26-27-28-29-30-31-32-33-34-35-36-37-38-39-40-41-42-43-45-46-49-52-55-58-61-64-70(73)76-67-68(66-75-69(72)63-60-57-54-51-48-21-18-15-12-9-6-3)77-71(74)65-62-59-56-53-50-47-44-25-23-20-17-14-11-8-5-2/h7,10,15-16,18-19,24,26,28-29,68H,4-6,8-9,11-14,17,20-23,25,27,30-67H2,1-3H3/b10-7-,18-15-,19-16-,26-24-,29-28-. The van der Waals surface area contributed by atoms with Crippen molar-refractivity contribution < 1.29 is 28.6 Å². The van der Waals surface area contributed by atoms with E-state index in [0.29, 0.717) is 19.3 Å². The topological polar surface area (TPSA) is 78.9 Å². The van der Waals surface area contributed by atoms with Crippen molar-refractivity contribution in [1.82, 2.24) is 0 Å². The van der Waals surface area contributed by atoms with Crippen LogP contribution in [0.15, 0.2) is 60.8 Å². The molecule has 0 aromatic carbocycles. The van der Waals surface area contributed by atoms with E-state index in [1.807, 2.05) is 0 Å². The second kappa shape index (κ2) is 65.6. The molecule has 0 radical (unpaired) electrons. The first-order valence-corrected chi connectivity index (χ1v) is 33.8. The summed E-state index contributed by atoms with van der Waals surface area (Å²) >= 11 is 0. The van der Waals surface area contributed by atoms with Gasteiger partial charge in [-0.05, 0) is 77.0 Å². The third-order valence-corrected chi connectivity index (χ3v) is 15.0. The minimum absolute atomic E-state index is 0.0705. The maximum Gasteiger partial charge on any atom is 0.306 e. The smallest absolute Gasteiger partial charge is 0.306 e. The molecule has 0 aliphatic rings. The number of ether oxygens (including phenoxy) is 3. The van der Waals surface area contributed by atoms with Crippen molar-refractivity contribution in [2.24, 2.45) is 0 Å². The lowest BCUT2D eigenvalue weighted by Crippen LogP contribution is -2.30. The van der Waals surface area contributed by atoms with Gasteiger partial charge in [-0.1, -0.05) is 319 Å². The first-order valence-electron chi connectivity index (χ1n) is 33.8. The van der Waals surface area contributed by atoms with Crippen molar-refractivity contribution >= 4 is 17.9 Å². The van der Waals surface area contributed by atoms with Crippen LogP contribution in [0.5, 0.6) is 0 Å². The van der Waals surface area contributed by atoms with E-state index in [9.17, 15) is 14.4 Å². The molecule has 0 saturated heterocycles. The summed E-state index contributed by atoms with van der Waals surface area (Å²) in [6.07, 6.45) is 84.0. The SMILES string of the molecule is CC/C=C\C/C=C\C/C=C\C/C=C\CCCCCCCCCCCCCCCCCCCCCCC(=O)OCC(COC(=O)CCCCCCC/C=C\CCCC)OC(=O)CCCCCCCCCCCCCCCCC. The third-order valence-electron chi connectivity index (χ3n) is 15.0. The van der Waals surface area contributed by atoms with Gasteiger partial charge in [0.15, 0.2) is 6.10 Å². The van der Waals surface area contributed by atoms with Crippen LogP contribution in [-0.4, -0.2) is 37.2 Å². The number of rotatable bonds is 62. The number of carbonyl (C=O) groups excluding carboxylic acids is 3. The highest BCUT2D eigenvalue weighted by Crippen LogP contribution is 2.18. The van der Waals surface area contributed by atoms with Crippen molar-refractivity contribution in [2.75, 3.05) is 13.2 Å². The lowest BCUT2D eigenvalue weighted by molar-refractivity contribution is -0.167. The molecule has 0 heterocycles. The predicted octanol–water partition coefficient (Wildman–Crippen LogP) is 23.1. The van der Waals surface area contributed by atoms with E-state index in [0.717, 1.165) is 89.9 Å². The number of unbranched alkanes of at least 4 members (excludes halogenated alkanes) is 41. The van der Waals surface area contributed by atoms with Gasteiger partial charge in [-0.25, -0.2) is 0 Å². The number of hydrogen-bond acceptors (Lipinski definition) is 6. The first kappa shape index (κ1) is 74.1. The fourth-order valence-electron chi connectivity index (χ4n) is 9.95. The van der Waals surface area contributed by atoms with Crippen LogP contribution in [0.4, 0.5) is 0 Å².